The molecule has 1 aromatic heterocycles. The van der Waals surface area contributed by atoms with E-state index in [-0.39, 0.29) is 18.6 Å². The molecule has 0 aliphatic heterocycles. The van der Waals surface area contributed by atoms with Crippen LogP contribution in [0, 0.1) is 19.8 Å². The largest absolute Gasteiger partial charge is 0.452 e. The highest BCUT2D eigenvalue weighted by atomic mass is 16.5. The number of carbonyl (C=O) groups is 2. The van der Waals surface area contributed by atoms with Crippen LogP contribution in [0.3, 0.4) is 0 Å². The third kappa shape index (κ3) is 4.38. The van der Waals surface area contributed by atoms with Gasteiger partial charge in [0.25, 0.3) is 5.91 Å². The number of benzene rings is 1. The average molecular weight is 369 g/mol. The molecule has 0 unspecified atom stereocenters. The fourth-order valence-electron chi connectivity index (χ4n) is 3.74. The Kier molecular flexibility index (Phi) is 5.94. The number of amides is 1. The number of rotatable bonds is 5. The first-order chi connectivity index (χ1) is 13.0. The number of hydrogen-bond donors (Lipinski definition) is 1. The summed E-state index contributed by atoms with van der Waals surface area (Å²) in [6.45, 7) is 5.48. The van der Waals surface area contributed by atoms with Crippen LogP contribution in [0.1, 0.15) is 54.4 Å². The van der Waals surface area contributed by atoms with Crippen molar-refractivity contribution in [1.82, 2.24) is 15.1 Å². The summed E-state index contributed by atoms with van der Waals surface area (Å²) in [6.07, 6.45) is 4.46. The summed E-state index contributed by atoms with van der Waals surface area (Å²) < 4.78 is 6.99. The number of nitrogens with zero attached hydrogens (tertiary/aromatic N) is 2. The van der Waals surface area contributed by atoms with Gasteiger partial charge in [0.05, 0.1) is 17.1 Å². The van der Waals surface area contributed by atoms with E-state index in [4.69, 9.17) is 4.74 Å². The van der Waals surface area contributed by atoms with Gasteiger partial charge in [-0.3, -0.25) is 4.79 Å². The first kappa shape index (κ1) is 19.1. The summed E-state index contributed by atoms with van der Waals surface area (Å²) in [4.78, 5) is 24.7. The Morgan fingerprint density at radius 1 is 1.19 bits per heavy atom. The van der Waals surface area contributed by atoms with Crippen molar-refractivity contribution in [1.29, 1.82) is 0 Å². The molecule has 3 rings (SSSR count). The van der Waals surface area contributed by atoms with Gasteiger partial charge in [-0.15, -0.1) is 0 Å². The minimum absolute atomic E-state index is 0.175. The maximum atomic E-state index is 12.5. The molecule has 0 saturated heterocycles. The predicted octanol–water partition coefficient (Wildman–Crippen LogP) is 3.34. The smallest absolute Gasteiger partial charge is 0.342 e. The zero-order chi connectivity index (χ0) is 19.4. The molecule has 2 aromatic rings. The van der Waals surface area contributed by atoms with E-state index in [2.05, 4.69) is 17.3 Å². The van der Waals surface area contributed by atoms with Crippen LogP contribution >= 0.6 is 0 Å². The third-order valence-electron chi connectivity index (χ3n) is 5.29. The lowest BCUT2D eigenvalue weighted by atomic mass is 9.86. The Bertz CT molecular complexity index is 814. The summed E-state index contributed by atoms with van der Waals surface area (Å²) in [5, 5.41) is 7.45. The Morgan fingerprint density at radius 2 is 1.89 bits per heavy atom. The molecule has 1 aliphatic rings. The molecule has 0 spiro atoms. The van der Waals surface area contributed by atoms with Crippen molar-refractivity contribution in [3.05, 3.63) is 47.3 Å². The first-order valence-corrected chi connectivity index (χ1v) is 9.55. The summed E-state index contributed by atoms with van der Waals surface area (Å²) >= 11 is 0. The number of carbonyl (C=O) groups excluding carboxylic acids is 2. The van der Waals surface area contributed by atoms with E-state index in [1.165, 1.54) is 6.42 Å². The summed E-state index contributed by atoms with van der Waals surface area (Å²) in [5.41, 5.74) is 2.58. The quantitative estimate of drug-likeness (QED) is 0.821. The Hall–Kier alpha value is -2.63. The number of hydrogen-bond acceptors (Lipinski definition) is 4. The molecule has 1 N–H and O–H groups in total. The van der Waals surface area contributed by atoms with Gasteiger partial charge in [0.2, 0.25) is 0 Å². The third-order valence-corrected chi connectivity index (χ3v) is 5.29. The van der Waals surface area contributed by atoms with Crippen LogP contribution < -0.4 is 5.32 Å². The van der Waals surface area contributed by atoms with E-state index >= 15 is 0 Å². The lowest BCUT2D eigenvalue weighted by Gasteiger charge is -2.29. The molecule has 27 heavy (non-hydrogen) atoms. The van der Waals surface area contributed by atoms with Crippen molar-refractivity contribution in [3.8, 4) is 5.69 Å². The van der Waals surface area contributed by atoms with Gasteiger partial charge in [-0.25, -0.2) is 9.48 Å². The van der Waals surface area contributed by atoms with Gasteiger partial charge >= 0.3 is 5.97 Å². The van der Waals surface area contributed by atoms with Crippen LogP contribution in [-0.4, -0.2) is 34.3 Å². The summed E-state index contributed by atoms with van der Waals surface area (Å²) in [5.74, 6) is -0.293. The Morgan fingerprint density at radius 3 is 2.59 bits per heavy atom. The lowest BCUT2D eigenvalue weighted by Crippen LogP contribution is -2.42. The monoisotopic (exact) mass is 369 g/mol. The van der Waals surface area contributed by atoms with Crippen LogP contribution in [0.4, 0.5) is 0 Å². The number of para-hydroxylation sites is 1. The standard InChI is InChI=1S/C21H27N3O3/c1-14-9-7-8-12-18(14)22-19(25)13-27-21(26)20-15(2)23-24(16(20)3)17-10-5-4-6-11-17/h4-6,10-11,14,18H,7-9,12-13H2,1-3H3,(H,22,25)/t14-,18-/m1/s1. The molecule has 1 fully saturated rings. The van der Waals surface area contributed by atoms with Gasteiger partial charge in [0.1, 0.15) is 5.56 Å². The van der Waals surface area contributed by atoms with Gasteiger partial charge in [0, 0.05) is 6.04 Å². The minimum atomic E-state index is -0.515. The average Bonchev–Trinajstić information content (AvgIpc) is 2.97. The van der Waals surface area contributed by atoms with Gasteiger partial charge < -0.3 is 10.1 Å². The minimum Gasteiger partial charge on any atom is -0.452 e. The normalized spacial score (nSPS) is 19.5. The molecule has 1 aromatic carbocycles. The number of ether oxygens (including phenoxy) is 1. The maximum Gasteiger partial charge on any atom is 0.342 e. The highest BCUT2D eigenvalue weighted by Crippen LogP contribution is 2.23. The topological polar surface area (TPSA) is 73.2 Å². The van der Waals surface area contributed by atoms with Crippen molar-refractivity contribution in [3.63, 3.8) is 0 Å². The molecule has 1 saturated carbocycles. The van der Waals surface area contributed by atoms with Crippen LogP contribution in [-0.2, 0) is 9.53 Å². The van der Waals surface area contributed by atoms with E-state index in [9.17, 15) is 9.59 Å². The zero-order valence-electron chi connectivity index (χ0n) is 16.2. The molecule has 1 heterocycles. The Balaban J connectivity index is 1.63. The maximum absolute atomic E-state index is 12.5. The fraction of sp³-hybridized carbons (Fsp3) is 0.476. The van der Waals surface area contributed by atoms with E-state index in [0.29, 0.717) is 22.9 Å². The number of aryl methyl sites for hydroxylation is 1. The summed E-state index contributed by atoms with van der Waals surface area (Å²) in [6, 6.07) is 9.78. The van der Waals surface area contributed by atoms with Crippen molar-refractivity contribution >= 4 is 11.9 Å². The number of aromatic nitrogens is 2. The molecular formula is C21H27N3O3. The van der Waals surface area contributed by atoms with E-state index in [1.807, 2.05) is 37.3 Å². The van der Waals surface area contributed by atoms with Crippen LogP contribution in [0.15, 0.2) is 30.3 Å². The van der Waals surface area contributed by atoms with Gasteiger partial charge in [-0.1, -0.05) is 38.0 Å². The van der Waals surface area contributed by atoms with Gasteiger partial charge in [-0.05, 0) is 44.7 Å². The SMILES string of the molecule is Cc1nn(-c2ccccc2)c(C)c1C(=O)OCC(=O)N[C@@H]1CCCC[C@H]1C. The Labute approximate surface area is 159 Å². The number of esters is 1. The van der Waals surface area contributed by atoms with Crippen molar-refractivity contribution < 1.29 is 14.3 Å². The molecule has 6 nitrogen and oxygen atoms in total. The number of nitrogens with one attached hydrogen (secondary N) is 1. The van der Waals surface area contributed by atoms with Crippen LogP contribution in [0.5, 0.6) is 0 Å². The van der Waals surface area contributed by atoms with Crippen molar-refractivity contribution in [2.24, 2.45) is 5.92 Å². The van der Waals surface area contributed by atoms with E-state index in [0.717, 1.165) is 24.9 Å². The highest BCUT2D eigenvalue weighted by molar-refractivity contribution is 5.93. The molecule has 0 bridgehead atoms. The van der Waals surface area contributed by atoms with Gasteiger partial charge in [-0.2, -0.15) is 5.10 Å². The van der Waals surface area contributed by atoms with Crippen molar-refractivity contribution in [2.45, 2.75) is 52.5 Å². The second kappa shape index (κ2) is 8.37. The van der Waals surface area contributed by atoms with Crippen molar-refractivity contribution in [2.75, 3.05) is 6.61 Å². The molecule has 2 atom stereocenters. The second-order valence-corrected chi connectivity index (χ2v) is 7.31. The predicted molar refractivity (Wildman–Crippen MR) is 103 cm³/mol. The lowest BCUT2D eigenvalue weighted by molar-refractivity contribution is -0.125. The molecule has 144 valence electrons. The molecule has 1 amide bonds. The molecule has 0 radical (unpaired) electrons. The van der Waals surface area contributed by atoms with Gasteiger partial charge in [0.15, 0.2) is 6.61 Å². The molecular weight excluding hydrogens is 342 g/mol. The van der Waals surface area contributed by atoms with Crippen LogP contribution in [0.2, 0.25) is 0 Å². The summed E-state index contributed by atoms with van der Waals surface area (Å²) in [7, 11) is 0. The fourth-order valence-corrected chi connectivity index (χ4v) is 3.74. The molecule has 1 aliphatic carbocycles. The zero-order valence-corrected chi connectivity index (χ0v) is 16.2. The second-order valence-electron chi connectivity index (χ2n) is 7.31. The van der Waals surface area contributed by atoms with E-state index < -0.39 is 5.97 Å². The highest BCUT2D eigenvalue weighted by Gasteiger charge is 2.25. The first-order valence-electron chi connectivity index (χ1n) is 9.55. The van der Waals surface area contributed by atoms with Crippen LogP contribution in [0.25, 0.3) is 5.69 Å². The molecule has 6 heteroatoms. The van der Waals surface area contributed by atoms with E-state index in [1.54, 1.807) is 11.6 Å².